The maximum atomic E-state index is 12.7. The number of carbonyl (C=O) groups is 1. The Balaban J connectivity index is 2.07. The zero-order valence-electron chi connectivity index (χ0n) is 17.3. The van der Waals surface area contributed by atoms with Crippen molar-refractivity contribution in [3.63, 3.8) is 0 Å². The van der Waals surface area contributed by atoms with Crippen LogP contribution in [-0.2, 0) is 14.3 Å². The van der Waals surface area contributed by atoms with Gasteiger partial charge in [0.2, 0.25) is 0 Å². The SMILES string of the molecule is CCCCCCCCOC(=O)C1C=C(O)C=CC1(O)[C@@H]1O[C@H](CO)[C@@H](O)[C@H](O)[C@H]1O. The lowest BCUT2D eigenvalue weighted by Gasteiger charge is -2.47. The van der Waals surface area contributed by atoms with Gasteiger partial charge in [0.25, 0.3) is 0 Å². The standard InChI is InChI=1S/C21H34O9/c1-2-3-4-5-6-7-10-29-20(27)14-11-13(23)8-9-21(14,28)19-18(26)17(25)16(24)15(12-22)30-19/h8-9,11,14-19,22-26,28H,2-7,10,12H2,1H3/t14?,15-,16-,17+,18-,19-,21?/m1/s1. The maximum absolute atomic E-state index is 12.7. The highest BCUT2D eigenvalue weighted by molar-refractivity contribution is 5.77. The zero-order chi connectivity index (χ0) is 22.3. The monoisotopic (exact) mass is 430 g/mol. The van der Waals surface area contributed by atoms with Gasteiger partial charge in [-0.1, -0.05) is 39.0 Å². The van der Waals surface area contributed by atoms with Crippen LogP contribution >= 0.6 is 0 Å². The van der Waals surface area contributed by atoms with Gasteiger partial charge in [-0.05, 0) is 24.6 Å². The normalized spacial score (nSPS) is 36.4. The van der Waals surface area contributed by atoms with Crippen LogP contribution in [0.25, 0.3) is 0 Å². The highest BCUT2D eigenvalue weighted by atomic mass is 16.6. The number of unbranched alkanes of at least 4 members (excludes halogenated alkanes) is 5. The molecule has 1 saturated heterocycles. The van der Waals surface area contributed by atoms with Crippen molar-refractivity contribution < 1.29 is 44.9 Å². The van der Waals surface area contributed by atoms with Gasteiger partial charge in [-0.3, -0.25) is 4.79 Å². The van der Waals surface area contributed by atoms with E-state index in [4.69, 9.17) is 9.47 Å². The Bertz CT molecular complexity index is 618. The first-order valence-electron chi connectivity index (χ1n) is 10.6. The number of rotatable bonds is 10. The second-order valence-corrected chi connectivity index (χ2v) is 7.97. The summed E-state index contributed by atoms with van der Waals surface area (Å²) in [6.07, 6.45) is 1.46. The Kier molecular flexibility index (Phi) is 9.27. The topological polar surface area (TPSA) is 157 Å². The number of allylic oxidation sites excluding steroid dienone is 1. The molecule has 1 aliphatic carbocycles. The second-order valence-electron chi connectivity index (χ2n) is 7.97. The minimum Gasteiger partial charge on any atom is -0.508 e. The lowest BCUT2D eigenvalue weighted by atomic mass is 9.74. The third-order valence-electron chi connectivity index (χ3n) is 5.70. The lowest BCUT2D eigenvalue weighted by molar-refractivity contribution is -0.267. The molecule has 0 radical (unpaired) electrons. The van der Waals surface area contributed by atoms with E-state index in [0.717, 1.165) is 50.3 Å². The Hall–Kier alpha value is -1.49. The number of carbonyl (C=O) groups excluding carboxylic acids is 1. The molecule has 30 heavy (non-hydrogen) atoms. The summed E-state index contributed by atoms with van der Waals surface area (Å²) >= 11 is 0. The average Bonchev–Trinajstić information content (AvgIpc) is 2.73. The quantitative estimate of drug-likeness (QED) is 0.209. The van der Waals surface area contributed by atoms with Gasteiger partial charge in [-0.2, -0.15) is 0 Å². The van der Waals surface area contributed by atoms with Gasteiger partial charge in [0.05, 0.1) is 13.2 Å². The van der Waals surface area contributed by atoms with Crippen molar-refractivity contribution in [1.82, 2.24) is 0 Å². The number of aliphatic hydroxyl groups excluding tert-OH is 5. The van der Waals surface area contributed by atoms with E-state index in [9.17, 15) is 35.4 Å². The van der Waals surface area contributed by atoms with Crippen LogP contribution in [-0.4, -0.2) is 85.9 Å². The van der Waals surface area contributed by atoms with Crippen LogP contribution < -0.4 is 0 Å². The van der Waals surface area contributed by atoms with Crippen LogP contribution in [0.15, 0.2) is 24.0 Å². The molecule has 7 atom stereocenters. The summed E-state index contributed by atoms with van der Waals surface area (Å²) in [5, 5.41) is 60.8. The minimum atomic E-state index is -2.17. The molecule has 0 aromatic carbocycles. The molecule has 2 rings (SSSR count). The molecule has 0 spiro atoms. The second kappa shape index (κ2) is 11.2. The van der Waals surface area contributed by atoms with Crippen LogP contribution in [0.3, 0.4) is 0 Å². The molecule has 9 nitrogen and oxygen atoms in total. The van der Waals surface area contributed by atoms with Gasteiger partial charge < -0.3 is 40.1 Å². The summed E-state index contributed by atoms with van der Waals surface area (Å²) in [6.45, 7) is 1.60. The number of hydrogen-bond donors (Lipinski definition) is 6. The van der Waals surface area contributed by atoms with Crippen molar-refractivity contribution in [3.8, 4) is 0 Å². The highest BCUT2D eigenvalue weighted by Gasteiger charge is 2.56. The fraction of sp³-hybridized carbons (Fsp3) is 0.762. The summed E-state index contributed by atoms with van der Waals surface area (Å²) in [4.78, 5) is 12.7. The summed E-state index contributed by atoms with van der Waals surface area (Å²) in [6, 6.07) is 0. The van der Waals surface area contributed by atoms with Gasteiger partial charge in [-0.15, -0.1) is 0 Å². The number of ether oxygens (including phenoxy) is 2. The molecule has 0 aromatic heterocycles. The van der Waals surface area contributed by atoms with Gasteiger partial charge in [0.15, 0.2) is 0 Å². The summed E-state index contributed by atoms with van der Waals surface area (Å²) in [5.41, 5.74) is -2.17. The first kappa shape index (κ1) is 24.8. The van der Waals surface area contributed by atoms with Crippen molar-refractivity contribution in [1.29, 1.82) is 0 Å². The Morgan fingerprint density at radius 2 is 1.77 bits per heavy atom. The highest BCUT2D eigenvalue weighted by Crippen LogP contribution is 2.38. The molecule has 1 aliphatic heterocycles. The van der Waals surface area contributed by atoms with E-state index in [1.165, 1.54) is 0 Å². The molecule has 0 aromatic rings. The van der Waals surface area contributed by atoms with E-state index in [1.54, 1.807) is 0 Å². The number of aliphatic hydroxyl groups is 6. The summed E-state index contributed by atoms with van der Waals surface area (Å²) in [7, 11) is 0. The van der Waals surface area contributed by atoms with Crippen LogP contribution in [0, 0.1) is 5.92 Å². The van der Waals surface area contributed by atoms with Gasteiger partial charge in [0.1, 0.15) is 47.8 Å². The van der Waals surface area contributed by atoms with Gasteiger partial charge >= 0.3 is 5.97 Å². The molecule has 2 unspecified atom stereocenters. The molecule has 0 saturated carbocycles. The lowest BCUT2D eigenvalue weighted by Crippen LogP contribution is -2.67. The summed E-state index contributed by atoms with van der Waals surface area (Å²) in [5.74, 6) is -2.51. The number of esters is 1. The first-order chi connectivity index (χ1) is 14.3. The Morgan fingerprint density at radius 3 is 2.43 bits per heavy atom. The molecule has 0 amide bonds. The molecule has 1 fully saturated rings. The van der Waals surface area contributed by atoms with Crippen LogP contribution in [0.4, 0.5) is 0 Å². The predicted molar refractivity (Wildman–Crippen MR) is 106 cm³/mol. The fourth-order valence-corrected chi connectivity index (χ4v) is 3.84. The molecule has 6 N–H and O–H groups in total. The largest absolute Gasteiger partial charge is 0.508 e. The zero-order valence-corrected chi connectivity index (χ0v) is 17.3. The maximum Gasteiger partial charge on any atom is 0.316 e. The van der Waals surface area contributed by atoms with Gasteiger partial charge in [-0.25, -0.2) is 0 Å². The molecule has 0 bridgehead atoms. The Labute approximate surface area is 176 Å². The van der Waals surface area contributed by atoms with E-state index < -0.39 is 54.6 Å². The van der Waals surface area contributed by atoms with Crippen molar-refractivity contribution >= 4 is 5.97 Å². The van der Waals surface area contributed by atoms with Crippen LogP contribution in [0.5, 0.6) is 0 Å². The third-order valence-corrected chi connectivity index (χ3v) is 5.70. The average molecular weight is 430 g/mol. The van der Waals surface area contributed by atoms with Crippen molar-refractivity contribution in [3.05, 3.63) is 24.0 Å². The van der Waals surface area contributed by atoms with Crippen LogP contribution in [0.1, 0.15) is 45.4 Å². The van der Waals surface area contributed by atoms with Crippen LogP contribution in [0.2, 0.25) is 0 Å². The fourth-order valence-electron chi connectivity index (χ4n) is 3.84. The molecular weight excluding hydrogens is 396 g/mol. The van der Waals surface area contributed by atoms with E-state index in [2.05, 4.69) is 6.92 Å². The summed E-state index contributed by atoms with van der Waals surface area (Å²) < 4.78 is 10.7. The van der Waals surface area contributed by atoms with E-state index in [-0.39, 0.29) is 12.4 Å². The minimum absolute atomic E-state index is 0.143. The smallest absolute Gasteiger partial charge is 0.316 e. The first-order valence-corrected chi connectivity index (χ1v) is 10.6. The Morgan fingerprint density at radius 1 is 1.10 bits per heavy atom. The molecule has 9 heteroatoms. The molecule has 172 valence electrons. The van der Waals surface area contributed by atoms with Crippen molar-refractivity contribution in [2.45, 2.75) is 81.6 Å². The van der Waals surface area contributed by atoms with E-state index >= 15 is 0 Å². The van der Waals surface area contributed by atoms with Crippen molar-refractivity contribution in [2.75, 3.05) is 13.2 Å². The third kappa shape index (κ3) is 5.60. The molecule has 2 aliphatic rings. The van der Waals surface area contributed by atoms with Crippen molar-refractivity contribution in [2.24, 2.45) is 5.92 Å². The van der Waals surface area contributed by atoms with E-state index in [0.29, 0.717) is 6.42 Å². The van der Waals surface area contributed by atoms with E-state index in [1.807, 2.05) is 0 Å². The predicted octanol–water partition coefficient (Wildman–Crippen LogP) is 0.0915. The molecule has 1 heterocycles. The number of hydrogen-bond acceptors (Lipinski definition) is 9. The molecular formula is C21H34O9. The van der Waals surface area contributed by atoms with Gasteiger partial charge in [0, 0.05) is 0 Å².